The molecule has 0 amide bonds. The van der Waals surface area contributed by atoms with Crippen molar-refractivity contribution in [2.24, 2.45) is 0 Å². The maximum atomic E-state index is 9.73. The van der Waals surface area contributed by atoms with Gasteiger partial charge in [-0.2, -0.15) is 0 Å². The zero-order valence-electron chi connectivity index (χ0n) is 15.1. The molecule has 0 radical (unpaired) electrons. The molecule has 136 valence electrons. The number of phenolic OH excluding ortho intramolecular Hbond substituents is 1. The number of thiophene rings is 1. The molecule has 4 aromatic rings. The van der Waals surface area contributed by atoms with E-state index in [1.54, 1.807) is 35.9 Å². The zero-order valence-corrected chi connectivity index (χ0v) is 15.9. The second-order valence-electron chi connectivity index (χ2n) is 6.07. The van der Waals surface area contributed by atoms with Gasteiger partial charge in [0.2, 0.25) is 0 Å². The summed E-state index contributed by atoms with van der Waals surface area (Å²) in [6.45, 7) is 4.71. The summed E-state index contributed by atoms with van der Waals surface area (Å²) in [6.07, 6.45) is 1.56. The van der Waals surface area contributed by atoms with Crippen molar-refractivity contribution in [1.29, 1.82) is 0 Å². The fourth-order valence-electron chi connectivity index (χ4n) is 3.09. The van der Waals surface area contributed by atoms with E-state index in [9.17, 15) is 5.11 Å². The van der Waals surface area contributed by atoms with E-state index < -0.39 is 0 Å². The van der Waals surface area contributed by atoms with Crippen LogP contribution in [0.4, 0.5) is 11.5 Å². The lowest BCUT2D eigenvalue weighted by molar-refractivity contribution is 0.340. The number of rotatable bonds is 5. The quantitative estimate of drug-likeness (QED) is 0.480. The Morgan fingerprint density at radius 2 is 1.93 bits per heavy atom. The predicted molar refractivity (Wildman–Crippen MR) is 110 cm³/mol. The summed E-state index contributed by atoms with van der Waals surface area (Å²) in [6, 6.07) is 15.1. The van der Waals surface area contributed by atoms with Crippen LogP contribution in [0, 0.1) is 6.92 Å². The molecule has 2 aromatic carbocycles. The summed E-state index contributed by atoms with van der Waals surface area (Å²) in [4.78, 5) is 11.0. The van der Waals surface area contributed by atoms with Gasteiger partial charge in [-0.05, 0) is 43.7 Å². The normalized spacial score (nSPS) is 10.9. The molecular formula is C21H19N3O2S. The minimum atomic E-state index is 0.207. The lowest BCUT2D eigenvalue weighted by Gasteiger charge is -2.10. The second-order valence-corrected chi connectivity index (χ2v) is 7.27. The average molecular weight is 377 g/mol. The molecule has 0 aliphatic carbocycles. The molecule has 27 heavy (non-hydrogen) atoms. The molecule has 6 heteroatoms. The smallest absolute Gasteiger partial charge is 0.143 e. The van der Waals surface area contributed by atoms with Crippen molar-refractivity contribution in [2.75, 3.05) is 11.9 Å². The minimum absolute atomic E-state index is 0.207. The van der Waals surface area contributed by atoms with Gasteiger partial charge in [-0.25, -0.2) is 9.97 Å². The monoisotopic (exact) mass is 377 g/mol. The summed E-state index contributed by atoms with van der Waals surface area (Å²) in [5.41, 5.74) is 2.98. The first-order chi connectivity index (χ1) is 13.2. The summed E-state index contributed by atoms with van der Waals surface area (Å²) < 4.78 is 5.55. The van der Waals surface area contributed by atoms with Crippen LogP contribution in [0.3, 0.4) is 0 Å². The molecule has 0 aliphatic heterocycles. The number of benzene rings is 2. The Labute approximate surface area is 161 Å². The average Bonchev–Trinajstić information content (AvgIpc) is 3.00. The number of nitrogens with one attached hydrogen (secondary N) is 1. The van der Waals surface area contributed by atoms with Crippen molar-refractivity contribution in [3.63, 3.8) is 0 Å². The molecule has 0 aliphatic rings. The Hall–Kier alpha value is -3.12. The second kappa shape index (κ2) is 7.25. The first kappa shape index (κ1) is 17.3. The Morgan fingerprint density at radius 1 is 1.11 bits per heavy atom. The molecule has 0 fully saturated rings. The van der Waals surface area contributed by atoms with Gasteiger partial charge in [-0.15, -0.1) is 11.3 Å². The third-order valence-corrected chi connectivity index (χ3v) is 5.24. The minimum Gasteiger partial charge on any atom is -0.508 e. The highest BCUT2D eigenvalue weighted by Gasteiger charge is 2.17. The molecule has 0 saturated heterocycles. The van der Waals surface area contributed by atoms with Crippen LogP contribution in [0.5, 0.6) is 11.5 Å². The lowest BCUT2D eigenvalue weighted by Crippen LogP contribution is -1.95. The first-order valence-corrected chi connectivity index (χ1v) is 9.50. The van der Waals surface area contributed by atoms with Crippen molar-refractivity contribution < 1.29 is 9.84 Å². The van der Waals surface area contributed by atoms with Crippen molar-refractivity contribution in [1.82, 2.24) is 9.97 Å². The van der Waals surface area contributed by atoms with Gasteiger partial charge in [0.1, 0.15) is 28.5 Å². The highest BCUT2D eigenvalue weighted by Crippen LogP contribution is 2.41. The van der Waals surface area contributed by atoms with Gasteiger partial charge in [0.15, 0.2) is 0 Å². The van der Waals surface area contributed by atoms with Crippen LogP contribution < -0.4 is 10.1 Å². The fraction of sp³-hybridized carbons (Fsp3) is 0.143. The van der Waals surface area contributed by atoms with Crippen molar-refractivity contribution in [3.8, 4) is 22.6 Å². The number of aromatic nitrogens is 2. The lowest BCUT2D eigenvalue weighted by atomic mass is 10.0. The van der Waals surface area contributed by atoms with E-state index in [1.807, 2.05) is 25.1 Å². The van der Waals surface area contributed by atoms with Crippen molar-refractivity contribution in [3.05, 3.63) is 59.7 Å². The Kier molecular flexibility index (Phi) is 4.64. The largest absolute Gasteiger partial charge is 0.508 e. The number of phenols is 1. The fourth-order valence-corrected chi connectivity index (χ4v) is 4.10. The highest BCUT2D eigenvalue weighted by molar-refractivity contribution is 7.19. The van der Waals surface area contributed by atoms with E-state index in [1.165, 1.54) is 4.88 Å². The van der Waals surface area contributed by atoms with E-state index in [-0.39, 0.29) is 5.75 Å². The van der Waals surface area contributed by atoms with Crippen molar-refractivity contribution in [2.45, 2.75) is 13.8 Å². The highest BCUT2D eigenvalue weighted by atomic mass is 32.1. The van der Waals surface area contributed by atoms with E-state index in [4.69, 9.17) is 4.74 Å². The Bertz CT molecular complexity index is 1090. The number of nitrogens with zero attached hydrogens (tertiary/aromatic N) is 2. The Morgan fingerprint density at radius 3 is 2.67 bits per heavy atom. The SMILES string of the molecule is CCOc1ccc(-c2c(C)sc3ncnc(Nc4cccc(O)c4)c23)cc1. The third-order valence-electron chi connectivity index (χ3n) is 4.23. The van der Waals surface area contributed by atoms with Gasteiger partial charge in [-0.1, -0.05) is 18.2 Å². The Balaban J connectivity index is 1.82. The molecule has 4 rings (SSSR count). The van der Waals surface area contributed by atoms with Crippen LogP contribution in [-0.4, -0.2) is 21.7 Å². The van der Waals surface area contributed by atoms with Gasteiger partial charge in [0, 0.05) is 22.2 Å². The van der Waals surface area contributed by atoms with Gasteiger partial charge < -0.3 is 15.2 Å². The van der Waals surface area contributed by atoms with E-state index in [0.29, 0.717) is 6.61 Å². The number of ether oxygens (including phenoxy) is 1. The summed E-state index contributed by atoms with van der Waals surface area (Å²) >= 11 is 1.64. The number of aryl methyl sites for hydroxylation is 1. The van der Waals surface area contributed by atoms with Crippen LogP contribution in [0.2, 0.25) is 0 Å². The predicted octanol–water partition coefficient (Wildman–Crippen LogP) is 5.51. The molecule has 0 spiro atoms. The maximum Gasteiger partial charge on any atom is 0.143 e. The number of hydrogen-bond donors (Lipinski definition) is 2. The van der Waals surface area contributed by atoms with Gasteiger partial charge >= 0.3 is 0 Å². The van der Waals surface area contributed by atoms with Crippen LogP contribution in [-0.2, 0) is 0 Å². The van der Waals surface area contributed by atoms with Gasteiger partial charge in [0.05, 0.1) is 12.0 Å². The molecule has 0 atom stereocenters. The van der Waals surface area contributed by atoms with Crippen LogP contribution in [0.15, 0.2) is 54.9 Å². The topological polar surface area (TPSA) is 67.3 Å². The maximum absolute atomic E-state index is 9.73. The number of hydrogen-bond acceptors (Lipinski definition) is 6. The van der Waals surface area contributed by atoms with Gasteiger partial charge in [-0.3, -0.25) is 0 Å². The zero-order chi connectivity index (χ0) is 18.8. The van der Waals surface area contributed by atoms with Gasteiger partial charge in [0.25, 0.3) is 0 Å². The standard InChI is InChI=1S/C21H19N3O2S/c1-3-26-17-9-7-14(8-10-17)18-13(2)27-21-19(18)20(22-12-23-21)24-15-5-4-6-16(25)11-15/h4-12,25H,3H2,1-2H3,(H,22,23,24). The van der Waals surface area contributed by atoms with E-state index in [0.717, 1.165) is 38.6 Å². The van der Waals surface area contributed by atoms with Crippen LogP contribution >= 0.6 is 11.3 Å². The molecule has 0 unspecified atom stereocenters. The molecule has 2 N–H and O–H groups in total. The number of aromatic hydroxyl groups is 1. The number of anilines is 2. The molecular weight excluding hydrogens is 358 g/mol. The van der Waals surface area contributed by atoms with E-state index in [2.05, 4.69) is 34.3 Å². The van der Waals surface area contributed by atoms with Crippen LogP contribution in [0.1, 0.15) is 11.8 Å². The van der Waals surface area contributed by atoms with E-state index >= 15 is 0 Å². The van der Waals surface area contributed by atoms with Crippen LogP contribution in [0.25, 0.3) is 21.3 Å². The summed E-state index contributed by atoms with van der Waals surface area (Å²) in [5, 5.41) is 14.0. The van der Waals surface area contributed by atoms with Crippen molar-refractivity contribution >= 4 is 33.1 Å². The molecule has 0 bridgehead atoms. The molecule has 5 nitrogen and oxygen atoms in total. The number of fused-ring (bicyclic) bond motifs is 1. The first-order valence-electron chi connectivity index (χ1n) is 8.69. The molecule has 0 saturated carbocycles. The molecule has 2 aromatic heterocycles. The summed E-state index contributed by atoms with van der Waals surface area (Å²) in [5.74, 6) is 1.78. The third kappa shape index (κ3) is 3.44. The summed E-state index contributed by atoms with van der Waals surface area (Å²) in [7, 11) is 0. The molecule has 2 heterocycles.